The molecule has 17 heavy (non-hydrogen) atoms. The number of hydrogen-bond acceptors (Lipinski definition) is 2. The summed E-state index contributed by atoms with van der Waals surface area (Å²) in [5.74, 6) is -0.181. The standard InChI is InChI=1S/C13H13N3O/c1-11(17)15-14-10-13-8-5-9-16(13)12-6-3-2-4-7-12/h2-10H,1H3,(H,15,17)/b14-10-. The predicted octanol–water partition coefficient (Wildman–Crippen LogP) is 1.95. The van der Waals surface area contributed by atoms with Crippen LogP contribution in [0.5, 0.6) is 0 Å². The summed E-state index contributed by atoms with van der Waals surface area (Å²) in [4.78, 5) is 10.7. The number of rotatable bonds is 3. The molecule has 0 aliphatic rings. The number of amides is 1. The first-order valence-corrected chi connectivity index (χ1v) is 5.30. The quantitative estimate of drug-likeness (QED) is 0.632. The molecule has 0 saturated carbocycles. The molecular weight excluding hydrogens is 214 g/mol. The number of carbonyl (C=O) groups is 1. The normalized spacial score (nSPS) is 10.6. The van der Waals surface area contributed by atoms with Crippen molar-refractivity contribution in [2.45, 2.75) is 6.92 Å². The Hall–Kier alpha value is -2.36. The van der Waals surface area contributed by atoms with Gasteiger partial charge in [0.05, 0.1) is 11.9 Å². The summed E-state index contributed by atoms with van der Waals surface area (Å²) < 4.78 is 1.99. The smallest absolute Gasteiger partial charge is 0.236 e. The van der Waals surface area contributed by atoms with Crippen LogP contribution in [0.15, 0.2) is 53.8 Å². The first-order valence-electron chi connectivity index (χ1n) is 5.30. The molecule has 4 nitrogen and oxygen atoms in total. The van der Waals surface area contributed by atoms with Gasteiger partial charge in [-0.25, -0.2) is 5.43 Å². The van der Waals surface area contributed by atoms with Crippen LogP contribution in [-0.4, -0.2) is 16.7 Å². The molecule has 0 bridgehead atoms. The van der Waals surface area contributed by atoms with Crippen LogP contribution < -0.4 is 5.43 Å². The molecule has 2 rings (SSSR count). The van der Waals surface area contributed by atoms with Crippen LogP contribution in [0.1, 0.15) is 12.6 Å². The Labute approximate surface area is 99.6 Å². The average Bonchev–Trinajstić information content (AvgIpc) is 2.78. The predicted molar refractivity (Wildman–Crippen MR) is 67.2 cm³/mol. The molecule has 0 aliphatic carbocycles. The van der Waals surface area contributed by atoms with E-state index in [4.69, 9.17) is 0 Å². The van der Waals surface area contributed by atoms with Gasteiger partial charge in [-0.3, -0.25) is 4.79 Å². The number of hydrogen-bond donors (Lipinski definition) is 1. The van der Waals surface area contributed by atoms with Crippen LogP contribution in [0.25, 0.3) is 5.69 Å². The number of hydrazone groups is 1. The molecule has 0 fully saturated rings. The topological polar surface area (TPSA) is 46.4 Å². The van der Waals surface area contributed by atoms with Crippen molar-refractivity contribution in [1.82, 2.24) is 9.99 Å². The molecule has 1 aromatic carbocycles. The molecule has 0 unspecified atom stereocenters. The summed E-state index contributed by atoms with van der Waals surface area (Å²) in [6.45, 7) is 1.42. The molecule has 0 aliphatic heterocycles. The van der Waals surface area contributed by atoms with Gasteiger partial charge in [-0.1, -0.05) is 18.2 Å². The highest BCUT2D eigenvalue weighted by Gasteiger charge is 1.99. The highest BCUT2D eigenvalue weighted by molar-refractivity contribution is 5.81. The number of benzene rings is 1. The lowest BCUT2D eigenvalue weighted by Crippen LogP contribution is -2.12. The summed E-state index contributed by atoms with van der Waals surface area (Å²) in [6.07, 6.45) is 3.57. The van der Waals surface area contributed by atoms with Gasteiger partial charge in [0.25, 0.3) is 0 Å². The zero-order valence-electron chi connectivity index (χ0n) is 9.50. The van der Waals surface area contributed by atoms with Crippen LogP contribution in [0.3, 0.4) is 0 Å². The van der Waals surface area contributed by atoms with E-state index in [0.29, 0.717) is 0 Å². The summed E-state index contributed by atoms with van der Waals surface area (Å²) in [7, 11) is 0. The van der Waals surface area contributed by atoms with Crippen molar-refractivity contribution in [1.29, 1.82) is 0 Å². The van der Waals surface area contributed by atoms with Gasteiger partial charge in [0.2, 0.25) is 5.91 Å². The number of nitrogens with one attached hydrogen (secondary N) is 1. The fourth-order valence-corrected chi connectivity index (χ4v) is 1.51. The Kier molecular flexibility index (Phi) is 3.35. The maximum atomic E-state index is 10.7. The average molecular weight is 227 g/mol. The monoisotopic (exact) mass is 227 g/mol. The van der Waals surface area contributed by atoms with Gasteiger partial charge in [0, 0.05) is 18.8 Å². The fraction of sp³-hybridized carbons (Fsp3) is 0.0769. The van der Waals surface area contributed by atoms with Crippen molar-refractivity contribution >= 4 is 12.1 Å². The molecule has 0 atom stereocenters. The van der Waals surface area contributed by atoms with Gasteiger partial charge in [-0.15, -0.1) is 0 Å². The largest absolute Gasteiger partial charge is 0.316 e. The molecule has 4 heteroatoms. The first-order chi connectivity index (χ1) is 8.27. The van der Waals surface area contributed by atoms with Gasteiger partial charge >= 0.3 is 0 Å². The zero-order valence-corrected chi connectivity index (χ0v) is 9.50. The minimum absolute atomic E-state index is 0.181. The molecule has 86 valence electrons. The fourth-order valence-electron chi connectivity index (χ4n) is 1.51. The third-order valence-electron chi connectivity index (χ3n) is 2.23. The molecule has 2 aromatic rings. The maximum Gasteiger partial charge on any atom is 0.236 e. The lowest BCUT2D eigenvalue weighted by molar-refractivity contribution is -0.118. The third-order valence-corrected chi connectivity index (χ3v) is 2.23. The van der Waals surface area contributed by atoms with Crippen molar-refractivity contribution in [3.63, 3.8) is 0 Å². The lowest BCUT2D eigenvalue weighted by atomic mass is 10.3. The van der Waals surface area contributed by atoms with Gasteiger partial charge < -0.3 is 4.57 Å². The highest BCUT2D eigenvalue weighted by atomic mass is 16.2. The number of carbonyl (C=O) groups excluding carboxylic acids is 1. The minimum Gasteiger partial charge on any atom is -0.316 e. The van der Waals surface area contributed by atoms with E-state index in [1.165, 1.54) is 6.92 Å². The van der Waals surface area contributed by atoms with E-state index in [-0.39, 0.29) is 5.91 Å². The van der Waals surface area contributed by atoms with E-state index < -0.39 is 0 Å². The SMILES string of the molecule is CC(=O)N/N=C\c1cccn1-c1ccccc1. The summed E-state index contributed by atoms with van der Waals surface area (Å²) >= 11 is 0. The Morgan fingerprint density at radius 3 is 2.71 bits per heavy atom. The second-order valence-corrected chi connectivity index (χ2v) is 3.56. The Bertz CT molecular complexity index is 529. The van der Waals surface area contributed by atoms with Crippen molar-refractivity contribution in [3.8, 4) is 5.69 Å². The second-order valence-electron chi connectivity index (χ2n) is 3.56. The Morgan fingerprint density at radius 1 is 1.24 bits per heavy atom. The molecule has 0 radical (unpaired) electrons. The molecule has 1 N–H and O–H groups in total. The van der Waals surface area contributed by atoms with Crippen LogP contribution in [0, 0.1) is 0 Å². The van der Waals surface area contributed by atoms with E-state index in [1.807, 2.05) is 53.2 Å². The van der Waals surface area contributed by atoms with Crippen LogP contribution in [0.2, 0.25) is 0 Å². The van der Waals surface area contributed by atoms with Crippen LogP contribution in [0.4, 0.5) is 0 Å². The van der Waals surface area contributed by atoms with Crippen LogP contribution >= 0.6 is 0 Å². The summed E-state index contributed by atoms with van der Waals surface area (Å²) in [5, 5.41) is 3.85. The van der Waals surface area contributed by atoms with E-state index in [9.17, 15) is 4.79 Å². The van der Waals surface area contributed by atoms with E-state index in [2.05, 4.69) is 10.5 Å². The van der Waals surface area contributed by atoms with E-state index >= 15 is 0 Å². The second kappa shape index (κ2) is 5.12. The van der Waals surface area contributed by atoms with Gasteiger partial charge in [-0.05, 0) is 24.3 Å². The number of para-hydroxylation sites is 1. The minimum atomic E-state index is -0.181. The van der Waals surface area contributed by atoms with Crippen molar-refractivity contribution in [2.24, 2.45) is 5.10 Å². The van der Waals surface area contributed by atoms with Crippen molar-refractivity contribution in [3.05, 3.63) is 54.4 Å². The van der Waals surface area contributed by atoms with Crippen LogP contribution in [-0.2, 0) is 4.79 Å². The molecule has 1 aromatic heterocycles. The molecule has 1 amide bonds. The zero-order chi connectivity index (χ0) is 12.1. The Morgan fingerprint density at radius 2 is 2.00 bits per heavy atom. The maximum absolute atomic E-state index is 10.7. The molecule has 0 saturated heterocycles. The van der Waals surface area contributed by atoms with E-state index in [1.54, 1.807) is 6.21 Å². The number of nitrogens with zero attached hydrogens (tertiary/aromatic N) is 2. The third kappa shape index (κ3) is 2.81. The molecule has 1 heterocycles. The van der Waals surface area contributed by atoms with Gasteiger partial charge in [0.1, 0.15) is 0 Å². The lowest BCUT2D eigenvalue weighted by Gasteiger charge is -2.05. The molecular formula is C13H13N3O. The van der Waals surface area contributed by atoms with Crippen molar-refractivity contribution < 1.29 is 4.79 Å². The Balaban J connectivity index is 2.23. The first kappa shape index (κ1) is 11.1. The highest BCUT2D eigenvalue weighted by Crippen LogP contribution is 2.10. The van der Waals surface area contributed by atoms with Gasteiger partial charge in [0.15, 0.2) is 0 Å². The van der Waals surface area contributed by atoms with E-state index in [0.717, 1.165) is 11.4 Å². The van der Waals surface area contributed by atoms with Gasteiger partial charge in [-0.2, -0.15) is 5.10 Å². The molecule has 0 spiro atoms. The summed E-state index contributed by atoms with van der Waals surface area (Å²) in [6, 6.07) is 13.8. The summed E-state index contributed by atoms with van der Waals surface area (Å²) in [5.41, 5.74) is 4.34. The number of aromatic nitrogens is 1. The van der Waals surface area contributed by atoms with Crippen molar-refractivity contribution in [2.75, 3.05) is 0 Å².